The first-order chi connectivity index (χ1) is 8.45. The zero-order valence-electron chi connectivity index (χ0n) is 11.4. The monoisotopic (exact) mass is 279 g/mol. The number of hydrogen-bond donors (Lipinski definition) is 1. The molecule has 0 aliphatic heterocycles. The number of rotatable bonds is 11. The Morgan fingerprint density at radius 2 is 1.50 bits per heavy atom. The quantitative estimate of drug-likeness (QED) is 0.462. The van der Waals surface area contributed by atoms with Gasteiger partial charge in [-0.1, -0.05) is 32.1 Å². The summed E-state index contributed by atoms with van der Waals surface area (Å²) in [5.74, 6) is -0.137. The van der Waals surface area contributed by atoms with Gasteiger partial charge in [-0.05, 0) is 12.8 Å². The minimum Gasteiger partial charge on any atom is -0.469 e. The zero-order chi connectivity index (χ0) is 13.9. The highest BCUT2D eigenvalue weighted by molar-refractivity contribution is 7.88. The van der Waals surface area contributed by atoms with Gasteiger partial charge in [0.1, 0.15) is 0 Å². The molecule has 0 aliphatic rings. The second-order valence-electron chi connectivity index (χ2n) is 4.47. The number of esters is 1. The Kier molecular flexibility index (Phi) is 9.96. The SMILES string of the molecule is COC(=O)CCCCCCCCCNS(C)(=O)=O. The van der Waals surface area contributed by atoms with Crippen LogP contribution in [0.15, 0.2) is 0 Å². The Bertz CT molecular complexity index is 314. The molecule has 108 valence electrons. The average molecular weight is 279 g/mol. The number of nitrogens with one attached hydrogen (secondary N) is 1. The largest absolute Gasteiger partial charge is 0.469 e. The highest BCUT2D eigenvalue weighted by Gasteiger charge is 2.00. The molecule has 0 saturated carbocycles. The first-order valence-corrected chi connectivity index (χ1v) is 8.36. The maximum Gasteiger partial charge on any atom is 0.305 e. The van der Waals surface area contributed by atoms with E-state index in [-0.39, 0.29) is 5.97 Å². The van der Waals surface area contributed by atoms with Crippen LogP contribution in [0.2, 0.25) is 0 Å². The Hall–Kier alpha value is -0.620. The van der Waals surface area contributed by atoms with E-state index in [2.05, 4.69) is 9.46 Å². The van der Waals surface area contributed by atoms with Gasteiger partial charge in [0.2, 0.25) is 10.0 Å². The summed E-state index contributed by atoms with van der Waals surface area (Å²) in [5.41, 5.74) is 0. The lowest BCUT2D eigenvalue weighted by atomic mass is 10.1. The summed E-state index contributed by atoms with van der Waals surface area (Å²) in [6.45, 7) is 0.529. The second kappa shape index (κ2) is 10.3. The summed E-state index contributed by atoms with van der Waals surface area (Å²) in [5, 5.41) is 0. The molecule has 0 aliphatic carbocycles. The number of ether oxygens (including phenoxy) is 1. The smallest absolute Gasteiger partial charge is 0.305 e. The number of carbonyl (C=O) groups excluding carboxylic acids is 1. The fraction of sp³-hybridized carbons (Fsp3) is 0.917. The molecule has 0 aromatic rings. The molecule has 0 unspecified atom stereocenters. The number of carbonyl (C=O) groups is 1. The van der Waals surface area contributed by atoms with Gasteiger partial charge in [0, 0.05) is 13.0 Å². The normalized spacial score (nSPS) is 11.4. The lowest BCUT2D eigenvalue weighted by molar-refractivity contribution is -0.140. The summed E-state index contributed by atoms with van der Waals surface area (Å²) in [6.07, 6.45) is 8.93. The van der Waals surface area contributed by atoms with Gasteiger partial charge < -0.3 is 4.74 Å². The zero-order valence-corrected chi connectivity index (χ0v) is 12.2. The molecular weight excluding hydrogens is 254 g/mol. The van der Waals surface area contributed by atoms with E-state index >= 15 is 0 Å². The molecule has 0 radical (unpaired) electrons. The van der Waals surface area contributed by atoms with Crippen LogP contribution in [-0.4, -0.2) is 34.3 Å². The molecule has 0 atom stereocenters. The van der Waals surface area contributed by atoms with Gasteiger partial charge in [-0.15, -0.1) is 0 Å². The van der Waals surface area contributed by atoms with Crippen molar-refractivity contribution in [3.05, 3.63) is 0 Å². The van der Waals surface area contributed by atoms with Crippen LogP contribution < -0.4 is 4.72 Å². The van der Waals surface area contributed by atoms with Crippen molar-refractivity contribution in [2.24, 2.45) is 0 Å². The molecule has 0 bridgehead atoms. The third-order valence-corrected chi connectivity index (χ3v) is 3.38. The van der Waals surface area contributed by atoms with E-state index in [1.807, 2.05) is 0 Å². The van der Waals surface area contributed by atoms with Crippen LogP contribution in [0.25, 0.3) is 0 Å². The van der Waals surface area contributed by atoms with Crippen molar-refractivity contribution in [3.8, 4) is 0 Å². The molecular formula is C12H25NO4S. The van der Waals surface area contributed by atoms with Gasteiger partial charge in [0.15, 0.2) is 0 Å². The van der Waals surface area contributed by atoms with Crippen LogP contribution in [0.1, 0.15) is 51.4 Å². The topological polar surface area (TPSA) is 72.5 Å². The minimum atomic E-state index is -3.03. The first-order valence-electron chi connectivity index (χ1n) is 6.47. The fourth-order valence-electron chi connectivity index (χ4n) is 1.64. The molecule has 0 fully saturated rings. The summed E-state index contributed by atoms with van der Waals surface area (Å²) in [6, 6.07) is 0. The van der Waals surface area contributed by atoms with Gasteiger partial charge in [-0.2, -0.15) is 0 Å². The van der Waals surface area contributed by atoms with Crippen molar-refractivity contribution in [3.63, 3.8) is 0 Å². The Labute approximate surface area is 110 Å². The van der Waals surface area contributed by atoms with Crippen molar-refractivity contribution in [1.82, 2.24) is 4.72 Å². The predicted octanol–water partition coefficient (Wildman–Crippen LogP) is 1.83. The van der Waals surface area contributed by atoms with Gasteiger partial charge in [-0.25, -0.2) is 13.1 Å². The molecule has 0 amide bonds. The Morgan fingerprint density at radius 1 is 1.00 bits per heavy atom. The number of unbranched alkanes of at least 4 members (excludes halogenated alkanes) is 6. The molecule has 0 aromatic carbocycles. The van der Waals surface area contributed by atoms with E-state index in [9.17, 15) is 13.2 Å². The lowest BCUT2D eigenvalue weighted by Gasteiger charge is -2.03. The second-order valence-corrected chi connectivity index (χ2v) is 6.30. The van der Waals surface area contributed by atoms with Crippen molar-refractivity contribution >= 4 is 16.0 Å². The van der Waals surface area contributed by atoms with Crippen LogP contribution in [-0.2, 0) is 19.6 Å². The molecule has 18 heavy (non-hydrogen) atoms. The summed E-state index contributed by atoms with van der Waals surface area (Å²) >= 11 is 0. The Balaban J connectivity index is 3.15. The lowest BCUT2D eigenvalue weighted by Crippen LogP contribution is -2.22. The molecule has 6 heteroatoms. The van der Waals surface area contributed by atoms with Crippen LogP contribution >= 0.6 is 0 Å². The standard InChI is InChI=1S/C12H25NO4S/c1-17-12(14)10-8-6-4-3-5-7-9-11-13-18(2,15)16/h13H,3-11H2,1-2H3. The minimum absolute atomic E-state index is 0.137. The van der Waals surface area contributed by atoms with Gasteiger partial charge >= 0.3 is 5.97 Å². The molecule has 0 spiro atoms. The molecule has 5 nitrogen and oxygen atoms in total. The van der Waals surface area contributed by atoms with Crippen LogP contribution in [0.4, 0.5) is 0 Å². The van der Waals surface area contributed by atoms with Crippen LogP contribution in [0.3, 0.4) is 0 Å². The molecule has 0 rings (SSSR count). The number of hydrogen-bond acceptors (Lipinski definition) is 4. The summed E-state index contributed by atoms with van der Waals surface area (Å²) in [7, 11) is -1.62. The molecule has 1 N–H and O–H groups in total. The van der Waals surface area contributed by atoms with Crippen molar-refractivity contribution in [1.29, 1.82) is 0 Å². The predicted molar refractivity (Wildman–Crippen MR) is 71.8 cm³/mol. The van der Waals surface area contributed by atoms with E-state index in [4.69, 9.17) is 0 Å². The van der Waals surface area contributed by atoms with Crippen molar-refractivity contribution in [2.45, 2.75) is 51.4 Å². The highest BCUT2D eigenvalue weighted by atomic mass is 32.2. The third kappa shape index (κ3) is 13.4. The summed E-state index contributed by atoms with van der Waals surface area (Å²) in [4.78, 5) is 10.8. The van der Waals surface area contributed by atoms with E-state index in [1.165, 1.54) is 13.4 Å². The molecule has 0 heterocycles. The maximum absolute atomic E-state index is 10.8. The average Bonchev–Trinajstić information content (AvgIpc) is 2.29. The Morgan fingerprint density at radius 3 is 2.00 bits per heavy atom. The van der Waals surface area contributed by atoms with Gasteiger partial charge in [0.05, 0.1) is 13.4 Å². The number of sulfonamides is 1. The van der Waals surface area contributed by atoms with Crippen LogP contribution in [0, 0.1) is 0 Å². The highest BCUT2D eigenvalue weighted by Crippen LogP contribution is 2.08. The fourth-order valence-corrected chi connectivity index (χ4v) is 2.15. The first kappa shape index (κ1) is 17.4. The summed E-state index contributed by atoms with van der Waals surface area (Å²) < 4.78 is 28.6. The maximum atomic E-state index is 10.8. The van der Waals surface area contributed by atoms with Crippen molar-refractivity contribution in [2.75, 3.05) is 19.9 Å². The van der Waals surface area contributed by atoms with E-state index in [1.54, 1.807) is 0 Å². The third-order valence-electron chi connectivity index (χ3n) is 2.65. The van der Waals surface area contributed by atoms with E-state index < -0.39 is 10.0 Å². The molecule has 0 aromatic heterocycles. The van der Waals surface area contributed by atoms with E-state index in [0.29, 0.717) is 13.0 Å². The van der Waals surface area contributed by atoms with Gasteiger partial charge in [0.25, 0.3) is 0 Å². The molecule has 0 saturated heterocycles. The van der Waals surface area contributed by atoms with Crippen LogP contribution in [0.5, 0.6) is 0 Å². The van der Waals surface area contributed by atoms with Crippen molar-refractivity contribution < 1.29 is 17.9 Å². The van der Waals surface area contributed by atoms with E-state index in [0.717, 1.165) is 44.9 Å². The number of methoxy groups -OCH3 is 1. The van der Waals surface area contributed by atoms with Gasteiger partial charge in [-0.3, -0.25) is 4.79 Å².